The number of hydrogen-bond acceptors (Lipinski definition) is 7. The average Bonchev–Trinajstić information content (AvgIpc) is 3.06. The topological polar surface area (TPSA) is 69.9 Å². The second-order valence-corrected chi connectivity index (χ2v) is 7.89. The Morgan fingerprint density at radius 1 is 1.10 bits per heavy atom. The number of benzene rings is 1. The van der Waals surface area contributed by atoms with Crippen molar-refractivity contribution in [1.29, 1.82) is 0 Å². The van der Waals surface area contributed by atoms with E-state index in [-0.39, 0.29) is 0 Å². The van der Waals surface area contributed by atoms with Gasteiger partial charge in [0.1, 0.15) is 10.6 Å². The minimum atomic E-state index is 0.448. The van der Waals surface area contributed by atoms with Crippen LogP contribution in [-0.2, 0) is 0 Å². The fraction of sp³-hybridized carbons (Fsp3) is 0.381. The lowest BCUT2D eigenvalue weighted by molar-refractivity contribution is 0.324. The van der Waals surface area contributed by atoms with Gasteiger partial charge in [0, 0.05) is 17.5 Å². The molecular formula is C21H24N4O3S. The number of nitrogens with one attached hydrogen (secondary N) is 1. The molecule has 0 atom stereocenters. The third kappa shape index (κ3) is 3.91. The summed E-state index contributed by atoms with van der Waals surface area (Å²) < 4.78 is 16.3. The molecule has 3 rings (SSSR count). The van der Waals surface area contributed by atoms with Crippen molar-refractivity contribution in [3.63, 3.8) is 0 Å². The Morgan fingerprint density at radius 2 is 1.76 bits per heavy atom. The van der Waals surface area contributed by atoms with Gasteiger partial charge in [-0.2, -0.15) is 0 Å². The van der Waals surface area contributed by atoms with E-state index in [9.17, 15) is 0 Å². The van der Waals surface area contributed by atoms with Crippen LogP contribution < -0.4 is 19.5 Å². The fourth-order valence-electron chi connectivity index (χ4n) is 3.00. The summed E-state index contributed by atoms with van der Waals surface area (Å²) >= 11 is 1.38. The highest BCUT2D eigenvalue weighted by Gasteiger charge is 2.20. The molecule has 2 aromatic heterocycles. The molecule has 0 unspecified atom stereocenters. The zero-order valence-corrected chi connectivity index (χ0v) is 18.2. The largest absolute Gasteiger partial charge is 0.493 e. The van der Waals surface area contributed by atoms with Gasteiger partial charge in [-0.25, -0.2) is 14.8 Å². The summed E-state index contributed by atoms with van der Waals surface area (Å²) in [6.45, 7) is 14.4. The van der Waals surface area contributed by atoms with Gasteiger partial charge in [-0.3, -0.25) is 0 Å². The van der Waals surface area contributed by atoms with Crippen LogP contribution in [0.15, 0.2) is 12.1 Å². The predicted molar refractivity (Wildman–Crippen MR) is 117 cm³/mol. The van der Waals surface area contributed by atoms with E-state index in [1.165, 1.54) is 11.3 Å². The standard InChI is InChI=1S/C21H24N4O3S/c1-11(2)10-23-19-16-12(3)20(22-4)29-21(16)25-18(24-19)13-8-14(26-5)17(28-7)15(9-13)27-6/h8-9,11H,10H2,1-3,5-7H3,(H,23,24,25). The zero-order chi connectivity index (χ0) is 21.1. The molecule has 0 aliphatic heterocycles. The summed E-state index contributed by atoms with van der Waals surface area (Å²) in [5.74, 6) is 3.29. The van der Waals surface area contributed by atoms with Gasteiger partial charge < -0.3 is 19.5 Å². The maximum absolute atomic E-state index is 7.45. The second kappa shape index (κ2) is 8.53. The van der Waals surface area contributed by atoms with Crippen LogP contribution in [0.5, 0.6) is 17.2 Å². The molecule has 0 radical (unpaired) electrons. The molecule has 152 valence electrons. The van der Waals surface area contributed by atoms with E-state index in [4.69, 9.17) is 30.8 Å². The quantitative estimate of drug-likeness (QED) is 0.530. The number of nitrogens with zero attached hydrogens (tertiary/aromatic N) is 3. The number of thiophene rings is 1. The molecule has 8 heteroatoms. The van der Waals surface area contributed by atoms with E-state index < -0.39 is 0 Å². The SMILES string of the molecule is [C-]#[N+]c1sc2nc(-c3cc(OC)c(OC)c(OC)c3)nc(NCC(C)C)c2c1C. The van der Waals surface area contributed by atoms with Gasteiger partial charge in [0.05, 0.1) is 27.9 Å². The molecule has 0 saturated heterocycles. The Morgan fingerprint density at radius 3 is 2.28 bits per heavy atom. The van der Waals surface area contributed by atoms with Crippen molar-refractivity contribution < 1.29 is 14.2 Å². The van der Waals surface area contributed by atoms with E-state index >= 15 is 0 Å². The van der Waals surface area contributed by atoms with Gasteiger partial charge in [-0.05, 0) is 30.5 Å². The number of rotatable bonds is 7. The van der Waals surface area contributed by atoms with E-state index in [1.54, 1.807) is 21.3 Å². The van der Waals surface area contributed by atoms with Crippen molar-refractivity contribution in [2.45, 2.75) is 20.8 Å². The first kappa shape index (κ1) is 20.7. The molecule has 2 heterocycles. The molecule has 0 aliphatic carbocycles. The molecule has 0 amide bonds. The van der Waals surface area contributed by atoms with Crippen LogP contribution in [0.25, 0.3) is 26.4 Å². The number of fused-ring (bicyclic) bond motifs is 1. The first-order chi connectivity index (χ1) is 13.9. The molecule has 29 heavy (non-hydrogen) atoms. The summed E-state index contributed by atoms with van der Waals surface area (Å²) in [5, 5.41) is 4.95. The van der Waals surface area contributed by atoms with Crippen LogP contribution in [0.4, 0.5) is 10.8 Å². The monoisotopic (exact) mass is 412 g/mol. The third-order valence-electron chi connectivity index (χ3n) is 4.47. The normalized spacial score (nSPS) is 10.8. The summed E-state index contributed by atoms with van der Waals surface area (Å²) in [6.07, 6.45) is 0. The number of ether oxygens (including phenoxy) is 3. The van der Waals surface area contributed by atoms with Crippen LogP contribution in [-0.4, -0.2) is 37.8 Å². The molecular weight excluding hydrogens is 388 g/mol. The lowest BCUT2D eigenvalue weighted by Gasteiger charge is -2.15. The van der Waals surface area contributed by atoms with E-state index in [2.05, 4.69) is 24.0 Å². The summed E-state index contributed by atoms with van der Waals surface area (Å²) in [4.78, 5) is 13.9. The predicted octanol–water partition coefficient (Wildman–Crippen LogP) is 5.31. The van der Waals surface area contributed by atoms with Crippen molar-refractivity contribution in [3.05, 3.63) is 29.1 Å². The van der Waals surface area contributed by atoms with E-state index in [0.717, 1.165) is 33.7 Å². The van der Waals surface area contributed by atoms with Crippen molar-refractivity contribution >= 4 is 32.4 Å². The minimum Gasteiger partial charge on any atom is -0.493 e. The Labute approximate surface area is 174 Å². The molecule has 3 aromatic rings. The van der Waals surface area contributed by atoms with Crippen molar-refractivity contribution in [2.24, 2.45) is 5.92 Å². The highest BCUT2D eigenvalue weighted by Crippen LogP contribution is 2.43. The number of aromatic nitrogens is 2. The molecule has 7 nitrogen and oxygen atoms in total. The van der Waals surface area contributed by atoms with Gasteiger partial charge in [0.15, 0.2) is 17.3 Å². The third-order valence-corrected chi connectivity index (χ3v) is 5.55. The van der Waals surface area contributed by atoms with Gasteiger partial charge in [-0.1, -0.05) is 13.8 Å². The smallest absolute Gasteiger partial charge is 0.246 e. The van der Waals surface area contributed by atoms with Crippen LogP contribution in [0.3, 0.4) is 0 Å². The number of aryl methyl sites for hydroxylation is 1. The van der Waals surface area contributed by atoms with E-state index in [0.29, 0.717) is 34.0 Å². The van der Waals surface area contributed by atoms with Gasteiger partial charge in [0.2, 0.25) is 10.8 Å². The molecule has 0 saturated carbocycles. The average molecular weight is 413 g/mol. The molecule has 0 spiro atoms. The summed E-state index contributed by atoms with van der Waals surface area (Å²) in [7, 11) is 4.72. The number of hydrogen-bond donors (Lipinski definition) is 1. The second-order valence-electron chi connectivity index (χ2n) is 6.91. The maximum atomic E-state index is 7.45. The number of anilines is 1. The van der Waals surface area contributed by atoms with Crippen molar-refractivity contribution in [2.75, 3.05) is 33.2 Å². The maximum Gasteiger partial charge on any atom is 0.246 e. The molecule has 1 aromatic carbocycles. The Hall–Kier alpha value is -3.05. The molecule has 0 bridgehead atoms. The van der Waals surface area contributed by atoms with Gasteiger partial charge in [-0.15, -0.1) is 11.3 Å². The molecule has 0 fully saturated rings. The van der Waals surface area contributed by atoms with Crippen molar-refractivity contribution in [3.8, 4) is 28.6 Å². The molecule has 1 N–H and O–H groups in total. The van der Waals surface area contributed by atoms with Gasteiger partial charge >= 0.3 is 0 Å². The van der Waals surface area contributed by atoms with Crippen molar-refractivity contribution in [1.82, 2.24) is 9.97 Å². The van der Waals surface area contributed by atoms with E-state index in [1.807, 2.05) is 19.1 Å². The molecule has 0 aliphatic rings. The fourth-order valence-corrected chi connectivity index (χ4v) is 3.97. The Balaban J connectivity index is 2.23. The van der Waals surface area contributed by atoms with Gasteiger partial charge in [0.25, 0.3) is 0 Å². The lowest BCUT2D eigenvalue weighted by atomic mass is 10.1. The van der Waals surface area contributed by atoms with Crippen LogP contribution >= 0.6 is 11.3 Å². The lowest BCUT2D eigenvalue weighted by Crippen LogP contribution is -2.10. The Kier molecular flexibility index (Phi) is 6.09. The summed E-state index contributed by atoms with van der Waals surface area (Å²) in [6, 6.07) is 3.65. The zero-order valence-electron chi connectivity index (χ0n) is 17.4. The first-order valence-corrected chi connectivity index (χ1v) is 9.97. The highest BCUT2D eigenvalue weighted by atomic mass is 32.1. The summed E-state index contributed by atoms with van der Waals surface area (Å²) in [5.41, 5.74) is 1.65. The van der Waals surface area contributed by atoms with Crippen LogP contribution in [0, 0.1) is 19.4 Å². The minimum absolute atomic E-state index is 0.448. The van der Waals surface area contributed by atoms with Crippen LogP contribution in [0.2, 0.25) is 0 Å². The highest BCUT2D eigenvalue weighted by molar-refractivity contribution is 7.22. The number of methoxy groups -OCH3 is 3. The Bertz CT molecular complexity index is 1060. The first-order valence-electron chi connectivity index (χ1n) is 9.16. The van der Waals surface area contributed by atoms with Crippen LogP contribution in [0.1, 0.15) is 19.4 Å².